The van der Waals surface area contributed by atoms with Gasteiger partial charge in [-0.1, -0.05) is 36.4 Å². The zero-order valence-corrected chi connectivity index (χ0v) is 11.7. The number of nitrogens with zero attached hydrogens (tertiary/aromatic N) is 1. The lowest BCUT2D eigenvalue weighted by atomic mass is 9.91. The Morgan fingerprint density at radius 1 is 0.941 bits per heavy atom. The van der Waals surface area contributed by atoms with Crippen LogP contribution in [0.25, 0.3) is 0 Å². The van der Waals surface area contributed by atoms with Gasteiger partial charge in [-0.2, -0.15) is 0 Å². The van der Waals surface area contributed by atoms with Gasteiger partial charge in [0.1, 0.15) is 0 Å². The second-order valence-electron chi connectivity index (χ2n) is 4.49. The van der Waals surface area contributed by atoms with E-state index in [-0.39, 0.29) is 0 Å². The maximum Gasteiger partial charge on any atom is 0.0377 e. The third-order valence-corrected chi connectivity index (χ3v) is 4.00. The average Bonchev–Trinajstić information content (AvgIpc) is 2.28. The standard InChI is InChI=1S/C15H14IN/c16-14-7-4-8-15(9-14)17-10-13(11-17)12-5-2-1-3-6-12/h1-9,13H,10-11H2. The van der Waals surface area contributed by atoms with Crippen LogP contribution in [0, 0.1) is 3.57 Å². The number of rotatable bonds is 2. The van der Waals surface area contributed by atoms with E-state index in [0.717, 1.165) is 13.1 Å². The summed E-state index contributed by atoms with van der Waals surface area (Å²) in [6, 6.07) is 19.5. The van der Waals surface area contributed by atoms with E-state index in [9.17, 15) is 0 Å². The van der Waals surface area contributed by atoms with Crippen LogP contribution in [0.2, 0.25) is 0 Å². The van der Waals surface area contributed by atoms with E-state index in [1.54, 1.807) is 0 Å². The molecule has 1 aliphatic heterocycles. The van der Waals surface area contributed by atoms with Gasteiger partial charge in [0, 0.05) is 28.3 Å². The van der Waals surface area contributed by atoms with Crippen molar-refractivity contribution in [2.75, 3.05) is 18.0 Å². The first-order valence-electron chi connectivity index (χ1n) is 5.88. The Kier molecular flexibility index (Phi) is 3.05. The van der Waals surface area contributed by atoms with Crippen LogP contribution in [0.1, 0.15) is 11.5 Å². The van der Waals surface area contributed by atoms with Crippen LogP contribution in [-0.4, -0.2) is 13.1 Å². The van der Waals surface area contributed by atoms with Crippen molar-refractivity contribution >= 4 is 28.3 Å². The van der Waals surface area contributed by atoms with Crippen molar-refractivity contribution in [3.8, 4) is 0 Å². The van der Waals surface area contributed by atoms with Gasteiger partial charge in [-0.3, -0.25) is 0 Å². The first-order valence-corrected chi connectivity index (χ1v) is 6.96. The van der Waals surface area contributed by atoms with Crippen LogP contribution in [0.5, 0.6) is 0 Å². The molecule has 3 rings (SSSR count). The molecule has 86 valence electrons. The predicted molar refractivity (Wildman–Crippen MR) is 80.6 cm³/mol. The van der Waals surface area contributed by atoms with Crippen molar-refractivity contribution in [3.63, 3.8) is 0 Å². The molecule has 1 saturated heterocycles. The van der Waals surface area contributed by atoms with Gasteiger partial charge in [-0.25, -0.2) is 0 Å². The zero-order chi connectivity index (χ0) is 11.7. The molecule has 0 radical (unpaired) electrons. The summed E-state index contributed by atoms with van der Waals surface area (Å²) in [6.07, 6.45) is 0. The minimum Gasteiger partial charge on any atom is -0.370 e. The number of anilines is 1. The molecule has 0 bridgehead atoms. The summed E-state index contributed by atoms with van der Waals surface area (Å²) in [6.45, 7) is 2.29. The molecule has 0 atom stereocenters. The smallest absolute Gasteiger partial charge is 0.0377 e. The molecule has 17 heavy (non-hydrogen) atoms. The van der Waals surface area contributed by atoms with E-state index in [1.807, 2.05) is 0 Å². The molecule has 0 aliphatic carbocycles. The van der Waals surface area contributed by atoms with Crippen molar-refractivity contribution in [2.24, 2.45) is 0 Å². The van der Waals surface area contributed by atoms with Gasteiger partial charge in [0.05, 0.1) is 0 Å². The number of hydrogen-bond acceptors (Lipinski definition) is 1. The molecule has 0 spiro atoms. The normalized spacial score (nSPS) is 15.7. The van der Waals surface area contributed by atoms with Crippen LogP contribution >= 0.6 is 22.6 Å². The molecule has 0 unspecified atom stereocenters. The van der Waals surface area contributed by atoms with Crippen molar-refractivity contribution in [1.82, 2.24) is 0 Å². The molecule has 1 nitrogen and oxygen atoms in total. The summed E-state index contributed by atoms with van der Waals surface area (Å²) in [7, 11) is 0. The van der Waals surface area contributed by atoms with Crippen LogP contribution in [0.3, 0.4) is 0 Å². The van der Waals surface area contributed by atoms with E-state index < -0.39 is 0 Å². The Labute approximate surface area is 116 Å². The van der Waals surface area contributed by atoms with Crippen molar-refractivity contribution in [2.45, 2.75) is 5.92 Å². The first-order chi connectivity index (χ1) is 8.33. The highest BCUT2D eigenvalue weighted by molar-refractivity contribution is 14.1. The average molecular weight is 335 g/mol. The van der Waals surface area contributed by atoms with Crippen LogP contribution in [0.4, 0.5) is 5.69 Å². The second kappa shape index (κ2) is 4.69. The summed E-state index contributed by atoms with van der Waals surface area (Å²) in [5.41, 5.74) is 2.82. The molecule has 2 aromatic carbocycles. The van der Waals surface area contributed by atoms with E-state index >= 15 is 0 Å². The van der Waals surface area contributed by atoms with Gasteiger partial charge in [0.2, 0.25) is 0 Å². The molecule has 1 heterocycles. The third-order valence-electron chi connectivity index (χ3n) is 3.33. The summed E-state index contributed by atoms with van der Waals surface area (Å²) in [5.74, 6) is 0.703. The van der Waals surface area contributed by atoms with Crippen molar-refractivity contribution in [3.05, 3.63) is 63.7 Å². The Balaban J connectivity index is 1.69. The maximum absolute atomic E-state index is 2.44. The molecular formula is C15H14IN. The maximum atomic E-state index is 2.44. The van der Waals surface area contributed by atoms with Crippen LogP contribution in [0.15, 0.2) is 54.6 Å². The molecule has 2 heteroatoms. The van der Waals surface area contributed by atoms with E-state index in [2.05, 4.69) is 82.1 Å². The summed E-state index contributed by atoms with van der Waals surface area (Å²) in [4.78, 5) is 2.44. The van der Waals surface area contributed by atoms with Gasteiger partial charge in [-0.05, 0) is 46.4 Å². The van der Waals surface area contributed by atoms with Gasteiger partial charge in [-0.15, -0.1) is 0 Å². The Morgan fingerprint density at radius 2 is 1.71 bits per heavy atom. The Bertz CT molecular complexity index is 503. The summed E-state index contributed by atoms with van der Waals surface area (Å²) < 4.78 is 1.31. The van der Waals surface area contributed by atoms with Gasteiger partial charge < -0.3 is 4.90 Å². The molecule has 1 fully saturated rings. The van der Waals surface area contributed by atoms with Gasteiger partial charge in [0.15, 0.2) is 0 Å². The summed E-state index contributed by atoms with van der Waals surface area (Å²) >= 11 is 2.37. The lowest BCUT2D eigenvalue weighted by Crippen LogP contribution is -2.45. The number of benzene rings is 2. The van der Waals surface area contributed by atoms with E-state index in [1.165, 1.54) is 14.8 Å². The lowest BCUT2D eigenvalue weighted by Gasteiger charge is -2.41. The Morgan fingerprint density at radius 3 is 2.41 bits per heavy atom. The van der Waals surface area contributed by atoms with Crippen molar-refractivity contribution < 1.29 is 0 Å². The fourth-order valence-electron chi connectivity index (χ4n) is 2.30. The van der Waals surface area contributed by atoms with Gasteiger partial charge in [0.25, 0.3) is 0 Å². The lowest BCUT2D eigenvalue weighted by molar-refractivity contribution is 0.525. The monoisotopic (exact) mass is 335 g/mol. The van der Waals surface area contributed by atoms with Crippen molar-refractivity contribution in [1.29, 1.82) is 0 Å². The molecule has 1 aliphatic rings. The fourth-order valence-corrected chi connectivity index (χ4v) is 2.82. The molecule has 0 amide bonds. The van der Waals surface area contributed by atoms with Gasteiger partial charge >= 0.3 is 0 Å². The van der Waals surface area contributed by atoms with Crippen LogP contribution < -0.4 is 4.90 Å². The topological polar surface area (TPSA) is 3.24 Å². The highest BCUT2D eigenvalue weighted by atomic mass is 127. The third kappa shape index (κ3) is 2.32. The SMILES string of the molecule is Ic1cccc(N2CC(c3ccccc3)C2)c1. The molecule has 0 aromatic heterocycles. The zero-order valence-electron chi connectivity index (χ0n) is 9.51. The highest BCUT2D eigenvalue weighted by Gasteiger charge is 2.27. The minimum atomic E-state index is 0.703. The quantitative estimate of drug-likeness (QED) is 0.753. The first kappa shape index (κ1) is 11.1. The minimum absolute atomic E-state index is 0.703. The molecular weight excluding hydrogens is 321 g/mol. The van der Waals surface area contributed by atoms with Crippen LogP contribution in [-0.2, 0) is 0 Å². The molecule has 2 aromatic rings. The highest BCUT2D eigenvalue weighted by Crippen LogP contribution is 2.31. The largest absolute Gasteiger partial charge is 0.370 e. The van der Waals surface area contributed by atoms with E-state index in [0.29, 0.717) is 5.92 Å². The fraction of sp³-hybridized carbons (Fsp3) is 0.200. The predicted octanol–water partition coefficient (Wildman–Crippen LogP) is 3.90. The number of hydrogen-bond donors (Lipinski definition) is 0. The summed E-state index contributed by atoms with van der Waals surface area (Å²) in [5, 5.41) is 0. The number of halogens is 1. The molecule has 0 N–H and O–H groups in total. The molecule has 0 saturated carbocycles. The second-order valence-corrected chi connectivity index (χ2v) is 5.74. The Hall–Kier alpha value is -1.03. The van der Waals surface area contributed by atoms with E-state index in [4.69, 9.17) is 0 Å².